The van der Waals surface area contributed by atoms with Crippen LogP contribution in [0, 0.1) is 0 Å². The third kappa shape index (κ3) is 4.64. The average molecular weight is 489 g/mol. The van der Waals surface area contributed by atoms with Crippen molar-refractivity contribution in [1.82, 2.24) is 15.0 Å². The molecule has 3 aromatic rings. The van der Waals surface area contributed by atoms with E-state index in [9.17, 15) is 18.3 Å². The second-order valence-corrected chi connectivity index (χ2v) is 11.6. The van der Waals surface area contributed by atoms with Crippen LogP contribution in [-0.2, 0) is 19.6 Å². The minimum atomic E-state index is -3.59. The zero-order chi connectivity index (χ0) is 24.7. The van der Waals surface area contributed by atoms with Gasteiger partial charge in [-0.25, -0.2) is 13.2 Å². The number of fused-ring (bicyclic) bond motifs is 1. The number of aliphatic hydroxyl groups is 1. The molecule has 1 aliphatic rings. The van der Waals surface area contributed by atoms with Crippen molar-refractivity contribution < 1.29 is 23.1 Å². The smallest absolute Gasteiger partial charge is 0.328 e. The summed E-state index contributed by atoms with van der Waals surface area (Å²) in [5, 5.41) is 14.0. The quantitative estimate of drug-likeness (QED) is 0.383. The van der Waals surface area contributed by atoms with Gasteiger partial charge in [-0.3, -0.25) is 4.72 Å². The first-order chi connectivity index (χ1) is 16.0. The van der Waals surface area contributed by atoms with Gasteiger partial charge in [0.1, 0.15) is 17.5 Å². The number of nitrogens with zero attached hydrogens (tertiary/aromatic N) is 3. The lowest BCUT2D eigenvalue weighted by Crippen LogP contribution is -2.37. The highest BCUT2D eigenvalue weighted by Crippen LogP contribution is 2.32. The third-order valence-corrected chi connectivity index (χ3v) is 7.71. The zero-order valence-electron chi connectivity index (χ0n) is 19.4. The topological polar surface area (TPSA) is 150 Å². The number of ether oxygens (including phenoxy) is 1. The third-order valence-electron chi connectivity index (χ3n) is 5.60. The van der Waals surface area contributed by atoms with E-state index in [0.29, 0.717) is 28.2 Å². The number of anilines is 4. The summed E-state index contributed by atoms with van der Waals surface area (Å²) in [6.45, 7) is 5.08. The van der Waals surface area contributed by atoms with Gasteiger partial charge in [-0.1, -0.05) is 6.07 Å². The molecule has 11 nitrogen and oxygen atoms in total. The van der Waals surface area contributed by atoms with E-state index in [0.717, 1.165) is 0 Å². The Morgan fingerprint density at radius 1 is 1.24 bits per heavy atom. The maximum atomic E-state index is 12.5. The number of hydrogen-bond acceptors (Lipinski definition) is 9. The molecule has 34 heavy (non-hydrogen) atoms. The van der Waals surface area contributed by atoms with Crippen LogP contribution >= 0.6 is 0 Å². The van der Waals surface area contributed by atoms with E-state index in [1.165, 1.54) is 7.11 Å². The largest absolute Gasteiger partial charge is 0.467 e. The van der Waals surface area contributed by atoms with Crippen LogP contribution in [0.3, 0.4) is 0 Å². The molecule has 3 heterocycles. The number of rotatable bonds is 6. The van der Waals surface area contributed by atoms with Crippen molar-refractivity contribution in [3.8, 4) is 0 Å². The molecule has 2 atom stereocenters. The van der Waals surface area contributed by atoms with Crippen molar-refractivity contribution in [3.05, 3.63) is 36.5 Å². The van der Waals surface area contributed by atoms with Crippen LogP contribution < -0.4 is 14.9 Å². The van der Waals surface area contributed by atoms with Gasteiger partial charge in [-0.2, -0.15) is 9.97 Å². The van der Waals surface area contributed by atoms with Crippen molar-refractivity contribution in [1.29, 1.82) is 0 Å². The zero-order valence-corrected chi connectivity index (χ0v) is 20.2. The number of aromatic nitrogens is 3. The van der Waals surface area contributed by atoms with Crippen LogP contribution in [0.5, 0.6) is 0 Å². The van der Waals surface area contributed by atoms with Crippen molar-refractivity contribution in [2.45, 2.75) is 44.1 Å². The van der Waals surface area contributed by atoms with Gasteiger partial charge in [0, 0.05) is 24.8 Å². The maximum absolute atomic E-state index is 12.5. The monoisotopic (exact) mass is 488 g/mol. The van der Waals surface area contributed by atoms with E-state index in [-0.39, 0.29) is 18.9 Å². The van der Waals surface area contributed by atoms with Crippen LogP contribution in [0.15, 0.2) is 36.5 Å². The molecule has 4 N–H and O–H groups in total. The van der Waals surface area contributed by atoms with Crippen molar-refractivity contribution in [2.24, 2.45) is 0 Å². The summed E-state index contributed by atoms with van der Waals surface area (Å²) in [7, 11) is -2.28. The fourth-order valence-electron chi connectivity index (χ4n) is 3.70. The highest BCUT2D eigenvalue weighted by atomic mass is 32.2. The predicted molar refractivity (Wildman–Crippen MR) is 130 cm³/mol. The molecule has 182 valence electrons. The van der Waals surface area contributed by atoms with Gasteiger partial charge < -0.3 is 25.0 Å². The van der Waals surface area contributed by atoms with Crippen LogP contribution in [-0.4, -0.2) is 65.0 Å². The molecule has 2 aromatic heterocycles. The van der Waals surface area contributed by atoms with Crippen LogP contribution in [0.4, 0.5) is 23.1 Å². The molecule has 1 saturated heterocycles. The normalized spacial score (nSPS) is 18.8. The second-order valence-electron chi connectivity index (χ2n) is 9.12. The molecular formula is C22H28N6O5S. The number of esters is 1. The van der Waals surface area contributed by atoms with Gasteiger partial charge in [0.2, 0.25) is 16.0 Å². The number of nitrogens with one attached hydrogen (secondary N) is 3. The number of H-pyrrole nitrogens is 1. The van der Waals surface area contributed by atoms with Gasteiger partial charge in [0.05, 0.1) is 29.0 Å². The highest BCUT2D eigenvalue weighted by Gasteiger charge is 2.38. The van der Waals surface area contributed by atoms with E-state index in [1.54, 1.807) is 62.2 Å². The highest BCUT2D eigenvalue weighted by molar-refractivity contribution is 7.94. The molecule has 0 spiro atoms. The summed E-state index contributed by atoms with van der Waals surface area (Å²) in [6.07, 6.45) is 1.26. The van der Waals surface area contributed by atoms with E-state index in [4.69, 9.17) is 4.74 Å². The van der Waals surface area contributed by atoms with Crippen molar-refractivity contribution in [3.63, 3.8) is 0 Å². The van der Waals surface area contributed by atoms with Gasteiger partial charge >= 0.3 is 5.97 Å². The maximum Gasteiger partial charge on any atom is 0.328 e. The first-order valence-electron chi connectivity index (χ1n) is 10.8. The van der Waals surface area contributed by atoms with E-state index < -0.39 is 32.9 Å². The van der Waals surface area contributed by atoms with Crippen molar-refractivity contribution >= 4 is 50.2 Å². The minimum Gasteiger partial charge on any atom is -0.467 e. The Morgan fingerprint density at radius 3 is 2.68 bits per heavy atom. The summed E-state index contributed by atoms with van der Waals surface area (Å²) < 4.78 is 31.6. The molecule has 0 amide bonds. The van der Waals surface area contributed by atoms with Gasteiger partial charge in [-0.05, 0) is 45.0 Å². The van der Waals surface area contributed by atoms with Gasteiger partial charge in [-0.15, -0.1) is 0 Å². The Balaban J connectivity index is 1.66. The Morgan fingerprint density at radius 2 is 1.97 bits per heavy atom. The number of methoxy groups -OCH3 is 1. The summed E-state index contributed by atoms with van der Waals surface area (Å²) >= 11 is 0. The lowest BCUT2D eigenvalue weighted by atomic mass is 10.2. The van der Waals surface area contributed by atoms with E-state index >= 15 is 0 Å². The number of aromatic amines is 1. The molecule has 1 aliphatic heterocycles. The van der Waals surface area contributed by atoms with Gasteiger partial charge in [0.15, 0.2) is 0 Å². The van der Waals surface area contributed by atoms with Crippen LogP contribution in [0.1, 0.15) is 27.2 Å². The molecule has 0 bridgehead atoms. The molecule has 1 aromatic carbocycles. The van der Waals surface area contributed by atoms with Crippen LogP contribution in [0.25, 0.3) is 11.0 Å². The minimum absolute atomic E-state index is 0.223. The summed E-state index contributed by atoms with van der Waals surface area (Å²) in [4.78, 5) is 26.2. The molecule has 12 heteroatoms. The molecular weight excluding hydrogens is 460 g/mol. The first-order valence-corrected chi connectivity index (χ1v) is 12.2. The Labute approximate surface area is 197 Å². The fraction of sp³-hybridized carbons (Fsp3) is 0.409. The number of sulfonamides is 1. The van der Waals surface area contributed by atoms with E-state index in [1.807, 2.05) is 0 Å². The number of carbonyl (C=O) groups excluding carboxylic acids is 1. The second kappa shape index (κ2) is 8.76. The molecule has 0 saturated carbocycles. The average Bonchev–Trinajstić information content (AvgIpc) is 3.38. The fourth-order valence-corrected chi connectivity index (χ4v) is 4.45. The van der Waals surface area contributed by atoms with Crippen LogP contribution in [0.2, 0.25) is 0 Å². The molecule has 0 radical (unpaired) electrons. The molecule has 0 aliphatic carbocycles. The molecule has 1 fully saturated rings. The Hall–Kier alpha value is -3.38. The molecule has 0 unspecified atom stereocenters. The standard InChI is InChI=1S/C22H28N6O5S/c1-22(2,3)34(31,32)27-14-7-5-6-13(10-14)24-21-25-18-16(8-9-23-18)19(26-21)28-12-15(29)11-17(28)20(30)33-4/h5-10,15,17,27,29H,11-12H2,1-4H3,(H2,23,24,25,26)/t15-,17-/m0/s1. The lowest BCUT2D eigenvalue weighted by Gasteiger charge is -2.24. The number of benzene rings is 1. The Bertz CT molecular complexity index is 1320. The number of hydrogen-bond donors (Lipinski definition) is 4. The van der Waals surface area contributed by atoms with Gasteiger partial charge in [0.25, 0.3) is 0 Å². The summed E-state index contributed by atoms with van der Waals surface area (Å²) in [5.41, 5.74) is 1.51. The van der Waals surface area contributed by atoms with Crippen molar-refractivity contribution in [2.75, 3.05) is 28.6 Å². The molecule has 4 rings (SSSR count). The summed E-state index contributed by atoms with van der Waals surface area (Å²) in [5.74, 6) is 0.267. The Kier molecular flexibility index (Phi) is 6.13. The number of aliphatic hydroxyl groups excluding tert-OH is 1. The summed E-state index contributed by atoms with van der Waals surface area (Å²) in [6, 6.07) is 7.89. The van der Waals surface area contributed by atoms with E-state index in [2.05, 4.69) is 25.0 Å². The number of carbonyl (C=O) groups is 1. The lowest BCUT2D eigenvalue weighted by molar-refractivity contribution is -0.142. The predicted octanol–water partition coefficient (Wildman–Crippen LogP) is 2.35. The first kappa shape index (κ1) is 23.8. The number of β-amino-alcohol motifs (C(OH)–C–C–N with tert-alkyl or cyclic N) is 1. The SMILES string of the molecule is COC(=O)[C@@H]1C[C@H](O)CN1c1nc(Nc2cccc(NS(=O)(=O)C(C)(C)C)c2)nc2[nH]ccc12.